The highest BCUT2D eigenvalue weighted by atomic mass is 16.5. The van der Waals surface area contributed by atoms with Gasteiger partial charge in [0.05, 0.1) is 27.4 Å². The van der Waals surface area contributed by atoms with E-state index in [-0.39, 0.29) is 11.1 Å². The topological polar surface area (TPSA) is 73.9 Å². The summed E-state index contributed by atoms with van der Waals surface area (Å²) in [7, 11) is 4.26. The van der Waals surface area contributed by atoms with Gasteiger partial charge in [-0.2, -0.15) is 0 Å². The van der Waals surface area contributed by atoms with Gasteiger partial charge in [-0.3, -0.25) is 0 Å². The van der Waals surface area contributed by atoms with E-state index in [1.165, 1.54) is 58.3 Å². The van der Waals surface area contributed by atoms with E-state index in [9.17, 15) is 9.59 Å². The molecule has 0 heterocycles. The fourth-order valence-electron chi connectivity index (χ4n) is 6.23. The zero-order valence-corrected chi connectivity index (χ0v) is 17.3. The summed E-state index contributed by atoms with van der Waals surface area (Å²) in [5, 5.41) is 3.05. The van der Waals surface area contributed by atoms with Crippen molar-refractivity contribution in [3.8, 4) is 5.75 Å². The second kappa shape index (κ2) is 7.73. The lowest BCUT2D eigenvalue weighted by molar-refractivity contribution is -0.138. The minimum atomic E-state index is -0.623. The quantitative estimate of drug-likeness (QED) is 0.579. The average Bonchev–Trinajstić information content (AvgIpc) is 2.71. The number of carbonyl (C=O) groups is 2. The van der Waals surface area contributed by atoms with Crippen LogP contribution in [0.3, 0.4) is 0 Å². The van der Waals surface area contributed by atoms with Crippen LogP contribution in [-0.2, 0) is 24.5 Å². The van der Waals surface area contributed by atoms with Crippen molar-refractivity contribution in [1.29, 1.82) is 0 Å². The molecule has 4 saturated carbocycles. The molecular weight excluding hydrogens is 370 g/mol. The predicted molar refractivity (Wildman–Crippen MR) is 109 cm³/mol. The highest BCUT2D eigenvalue weighted by molar-refractivity contribution is 5.98. The summed E-state index contributed by atoms with van der Waals surface area (Å²) in [4.78, 5) is 23.8. The predicted octanol–water partition coefficient (Wildman–Crippen LogP) is 3.80. The van der Waals surface area contributed by atoms with Gasteiger partial charge in [0.25, 0.3) is 0 Å². The van der Waals surface area contributed by atoms with Gasteiger partial charge < -0.3 is 19.5 Å². The van der Waals surface area contributed by atoms with E-state index in [1.807, 2.05) is 12.1 Å². The van der Waals surface area contributed by atoms with Crippen LogP contribution in [-0.4, -0.2) is 33.3 Å². The molecule has 0 amide bonds. The van der Waals surface area contributed by atoms with Crippen LogP contribution in [0.2, 0.25) is 0 Å². The maximum atomic E-state index is 12.1. The van der Waals surface area contributed by atoms with Crippen LogP contribution < -0.4 is 10.1 Å². The first-order chi connectivity index (χ1) is 14.0. The maximum Gasteiger partial charge on any atom is 0.354 e. The summed E-state index contributed by atoms with van der Waals surface area (Å²) in [6.07, 6.45) is 8.85. The monoisotopic (exact) mass is 399 g/mol. The summed E-state index contributed by atoms with van der Waals surface area (Å²) in [5.74, 6) is 2.09. The summed E-state index contributed by atoms with van der Waals surface area (Å²) in [6, 6.07) is 5.89. The van der Waals surface area contributed by atoms with Crippen LogP contribution in [0.4, 0.5) is 5.69 Å². The van der Waals surface area contributed by atoms with Gasteiger partial charge in [-0.1, -0.05) is 0 Å². The molecule has 156 valence electrons. The van der Waals surface area contributed by atoms with Crippen molar-refractivity contribution in [2.75, 3.05) is 26.6 Å². The first-order valence-electron chi connectivity index (χ1n) is 10.3. The van der Waals surface area contributed by atoms with Gasteiger partial charge in [0.2, 0.25) is 0 Å². The van der Waals surface area contributed by atoms with Crippen molar-refractivity contribution in [2.45, 2.75) is 43.9 Å². The zero-order chi connectivity index (χ0) is 20.6. The number of nitrogens with one attached hydrogen (secondary N) is 1. The number of benzene rings is 1. The molecule has 0 saturated heterocycles. The number of esters is 2. The fraction of sp³-hybridized carbons (Fsp3) is 0.565. The second-order valence-corrected chi connectivity index (χ2v) is 8.81. The van der Waals surface area contributed by atoms with Crippen molar-refractivity contribution in [3.05, 3.63) is 35.5 Å². The van der Waals surface area contributed by atoms with Crippen LogP contribution in [0.5, 0.6) is 5.75 Å². The SMILES string of the molecule is COC(=O)/C=C(/Nc1ccc(OC)c(C23CC4CC(CC(C4)C2)C3)c1)C(=O)OC. The molecule has 5 rings (SSSR count). The molecule has 4 aliphatic carbocycles. The molecule has 1 N–H and O–H groups in total. The van der Waals surface area contributed by atoms with E-state index >= 15 is 0 Å². The summed E-state index contributed by atoms with van der Waals surface area (Å²) >= 11 is 0. The Kier molecular flexibility index (Phi) is 5.28. The first kappa shape index (κ1) is 19.8. The Labute approximate surface area is 171 Å². The lowest BCUT2D eigenvalue weighted by atomic mass is 9.48. The fourth-order valence-corrected chi connectivity index (χ4v) is 6.23. The van der Waals surface area contributed by atoms with Crippen LogP contribution in [0.25, 0.3) is 0 Å². The average molecular weight is 399 g/mol. The van der Waals surface area contributed by atoms with Crippen LogP contribution in [0, 0.1) is 17.8 Å². The molecule has 4 aliphatic rings. The molecule has 6 nitrogen and oxygen atoms in total. The normalized spacial score (nSPS) is 30.0. The molecule has 0 atom stereocenters. The Hall–Kier alpha value is -2.50. The van der Waals surface area contributed by atoms with Crippen LogP contribution in [0.1, 0.15) is 44.1 Å². The largest absolute Gasteiger partial charge is 0.496 e. The van der Waals surface area contributed by atoms with Crippen molar-refractivity contribution < 1.29 is 23.8 Å². The molecule has 0 spiro atoms. The van der Waals surface area contributed by atoms with Crippen molar-refractivity contribution in [2.24, 2.45) is 17.8 Å². The van der Waals surface area contributed by atoms with Gasteiger partial charge in [0.1, 0.15) is 11.4 Å². The zero-order valence-electron chi connectivity index (χ0n) is 17.3. The second-order valence-electron chi connectivity index (χ2n) is 8.81. The number of hydrogen-bond donors (Lipinski definition) is 1. The Morgan fingerprint density at radius 3 is 2.14 bits per heavy atom. The van der Waals surface area contributed by atoms with E-state index in [2.05, 4.69) is 16.1 Å². The number of ether oxygens (including phenoxy) is 3. The smallest absolute Gasteiger partial charge is 0.354 e. The first-order valence-corrected chi connectivity index (χ1v) is 10.3. The molecule has 0 aliphatic heterocycles. The lowest BCUT2D eigenvalue weighted by Gasteiger charge is -2.57. The van der Waals surface area contributed by atoms with Gasteiger partial charge in [-0.15, -0.1) is 0 Å². The van der Waals surface area contributed by atoms with E-state index in [1.54, 1.807) is 7.11 Å². The third-order valence-corrected chi connectivity index (χ3v) is 6.96. The van der Waals surface area contributed by atoms with Gasteiger partial charge in [-0.25, -0.2) is 9.59 Å². The van der Waals surface area contributed by atoms with Crippen molar-refractivity contribution >= 4 is 17.6 Å². The van der Waals surface area contributed by atoms with Gasteiger partial charge >= 0.3 is 11.9 Å². The van der Waals surface area contributed by atoms with Crippen molar-refractivity contribution in [3.63, 3.8) is 0 Å². The molecule has 0 aromatic heterocycles. The Morgan fingerprint density at radius 1 is 1.00 bits per heavy atom. The van der Waals surface area contributed by atoms with Crippen LogP contribution >= 0.6 is 0 Å². The van der Waals surface area contributed by atoms with E-state index in [0.29, 0.717) is 0 Å². The van der Waals surface area contributed by atoms with E-state index < -0.39 is 11.9 Å². The summed E-state index contributed by atoms with van der Waals surface area (Å²) < 4.78 is 15.2. The Balaban J connectivity index is 1.68. The molecule has 4 fully saturated rings. The number of hydrogen-bond acceptors (Lipinski definition) is 6. The van der Waals surface area contributed by atoms with Crippen LogP contribution in [0.15, 0.2) is 30.0 Å². The Morgan fingerprint density at radius 2 is 1.62 bits per heavy atom. The standard InChI is InChI=1S/C23H29NO5/c1-27-20-5-4-17(24-19(22(26)29-3)10-21(25)28-2)9-18(20)23-11-14-6-15(12-23)8-16(7-14)13-23/h4-5,9-10,14-16,24H,6-8,11-13H2,1-3H3/b19-10+. The minimum absolute atomic E-state index is 0.0426. The van der Waals surface area contributed by atoms with Crippen molar-refractivity contribution in [1.82, 2.24) is 0 Å². The molecule has 1 aromatic carbocycles. The number of methoxy groups -OCH3 is 3. The molecule has 0 radical (unpaired) electrons. The molecule has 0 unspecified atom stereocenters. The summed E-state index contributed by atoms with van der Waals surface area (Å²) in [5.41, 5.74) is 2.14. The molecular formula is C23H29NO5. The van der Waals surface area contributed by atoms with E-state index in [4.69, 9.17) is 9.47 Å². The third kappa shape index (κ3) is 3.72. The number of carbonyl (C=O) groups excluding carboxylic acids is 2. The third-order valence-electron chi connectivity index (χ3n) is 6.96. The van der Waals surface area contributed by atoms with E-state index in [0.717, 1.165) is 35.3 Å². The van der Waals surface area contributed by atoms with Gasteiger partial charge in [0.15, 0.2) is 0 Å². The molecule has 4 bridgehead atoms. The molecule has 29 heavy (non-hydrogen) atoms. The minimum Gasteiger partial charge on any atom is -0.496 e. The highest BCUT2D eigenvalue weighted by Gasteiger charge is 2.52. The molecule has 1 aromatic rings. The lowest BCUT2D eigenvalue weighted by Crippen LogP contribution is -2.48. The molecule has 6 heteroatoms. The number of anilines is 1. The highest BCUT2D eigenvalue weighted by Crippen LogP contribution is 2.62. The summed E-state index contributed by atoms with van der Waals surface area (Å²) in [6.45, 7) is 0. The maximum absolute atomic E-state index is 12.1. The Bertz CT molecular complexity index is 808. The number of rotatable bonds is 6. The van der Waals surface area contributed by atoms with Gasteiger partial charge in [-0.05, 0) is 79.9 Å². The van der Waals surface area contributed by atoms with Gasteiger partial charge in [0, 0.05) is 11.3 Å².